The van der Waals surface area contributed by atoms with Crippen molar-refractivity contribution >= 4 is 11.9 Å². The molecule has 1 aromatic rings. The van der Waals surface area contributed by atoms with Crippen LogP contribution in [-0.4, -0.2) is 23.5 Å². The van der Waals surface area contributed by atoms with Gasteiger partial charge in [0.05, 0.1) is 5.41 Å². The molecular formula is C14H15F2NO3. The number of aliphatic carboxylic acids is 1. The van der Waals surface area contributed by atoms with Crippen molar-refractivity contribution in [3.63, 3.8) is 0 Å². The molecule has 2 rings (SSSR count). The van der Waals surface area contributed by atoms with Gasteiger partial charge in [0, 0.05) is 6.54 Å². The molecule has 0 spiro atoms. The van der Waals surface area contributed by atoms with Gasteiger partial charge in [0.1, 0.15) is 17.2 Å². The van der Waals surface area contributed by atoms with Gasteiger partial charge >= 0.3 is 5.97 Å². The maximum atomic E-state index is 13.8. The van der Waals surface area contributed by atoms with Crippen LogP contribution in [0.3, 0.4) is 0 Å². The zero-order valence-corrected chi connectivity index (χ0v) is 11.0. The van der Waals surface area contributed by atoms with Gasteiger partial charge < -0.3 is 10.4 Å². The molecule has 0 heterocycles. The van der Waals surface area contributed by atoms with E-state index in [0.29, 0.717) is 12.8 Å². The first-order valence-corrected chi connectivity index (χ1v) is 6.33. The molecule has 1 aliphatic carbocycles. The summed E-state index contributed by atoms with van der Waals surface area (Å²) in [4.78, 5) is 23.0. The Bertz CT molecular complexity index is 568. The molecule has 1 aliphatic rings. The molecule has 2 N–H and O–H groups in total. The van der Waals surface area contributed by atoms with Gasteiger partial charge in [-0.05, 0) is 31.4 Å². The smallest absolute Gasteiger partial charge is 0.311 e. The molecular weight excluding hydrogens is 268 g/mol. The summed E-state index contributed by atoms with van der Waals surface area (Å²) >= 11 is 0. The third kappa shape index (κ3) is 2.37. The zero-order chi connectivity index (χ0) is 14.9. The molecule has 1 amide bonds. The summed E-state index contributed by atoms with van der Waals surface area (Å²) in [5.41, 5.74) is -1.50. The van der Waals surface area contributed by atoms with Crippen LogP contribution in [0.15, 0.2) is 12.1 Å². The van der Waals surface area contributed by atoms with E-state index in [2.05, 4.69) is 5.32 Å². The molecule has 0 saturated heterocycles. The Kier molecular flexibility index (Phi) is 3.74. The van der Waals surface area contributed by atoms with Crippen molar-refractivity contribution in [1.82, 2.24) is 5.32 Å². The minimum Gasteiger partial charge on any atom is -0.481 e. The predicted octanol–water partition coefficient (Wildman–Crippen LogP) is 2.26. The highest BCUT2D eigenvalue weighted by Gasteiger charge is 2.44. The highest BCUT2D eigenvalue weighted by Crippen LogP contribution is 2.40. The number of aryl methyl sites for hydroxylation is 1. The van der Waals surface area contributed by atoms with Crippen LogP contribution in [-0.2, 0) is 4.79 Å². The fourth-order valence-corrected chi connectivity index (χ4v) is 2.27. The summed E-state index contributed by atoms with van der Waals surface area (Å²) in [7, 11) is 0. The molecule has 0 unspecified atom stereocenters. The second-order valence-electron chi connectivity index (χ2n) is 5.17. The Morgan fingerprint density at radius 2 is 2.00 bits per heavy atom. The third-order valence-corrected chi connectivity index (χ3v) is 3.86. The van der Waals surface area contributed by atoms with Gasteiger partial charge in [0.25, 0.3) is 5.91 Å². The average molecular weight is 283 g/mol. The van der Waals surface area contributed by atoms with Crippen molar-refractivity contribution in [2.75, 3.05) is 6.54 Å². The molecule has 6 heteroatoms. The van der Waals surface area contributed by atoms with E-state index in [1.165, 1.54) is 13.0 Å². The normalized spacial score (nSPS) is 16.4. The van der Waals surface area contributed by atoms with Gasteiger partial charge in [-0.15, -0.1) is 0 Å². The van der Waals surface area contributed by atoms with Gasteiger partial charge in [-0.1, -0.05) is 12.5 Å². The van der Waals surface area contributed by atoms with E-state index >= 15 is 0 Å². The van der Waals surface area contributed by atoms with Crippen molar-refractivity contribution in [3.05, 3.63) is 34.9 Å². The molecule has 108 valence electrons. The van der Waals surface area contributed by atoms with Crippen molar-refractivity contribution in [1.29, 1.82) is 0 Å². The third-order valence-electron chi connectivity index (χ3n) is 3.86. The number of carboxylic acids is 1. The van der Waals surface area contributed by atoms with Crippen LogP contribution in [0.1, 0.15) is 35.2 Å². The monoisotopic (exact) mass is 283 g/mol. The van der Waals surface area contributed by atoms with Gasteiger partial charge in [0.2, 0.25) is 0 Å². The maximum Gasteiger partial charge on any atom is 0.311 e. The first-order chi connectivity index (χ1) is 9.37. The topological polar surface area (TPSA) is 66.4 Å². The van der Waals surface area contributed by atoms with Crippen molar-refractivity contribution in [2.24, 2.45) is 5.41 Å². The van der Waals surface area contributed by atoms with Crippen LogP contribution < -0.4 is 5.32 Å². The number of halogens is 2. The molecule has 1 fully saturated rings. The number of rotatable bonds is 4. The second kappa shape index (κ2) is 5.19. The number of hydrogen-bond acceptors (Lipinski definition) is 2. The Labute approximate surface area is 114 Å². The lowest BCUT2D eigenvalue weighted by molar-refractivity contribution is -0.153. The molecule has 4 nitrogen and oxygen atoms in total. The number of benzene rings is 1. The number of hydrogen-bond donors (Lipinski definition) is 2. The largest absolute Gasteiger partial charge is 0.481 e. The maximum absolute atomic E-state index is 13.8. The fraction of sp³-hybridized carbons (Fsp3) is 0.429. The zero-order valence-electron chi connectivity index (χ0n) is 11.0. The summed E-state index contributed by atoms with van der Waals surface area (Å²) in [6, 6.07) is 2.26. The standard InChI is InChI=1S/C14H15F2NO3/c1-8-3-4-9(15)10(11(8)16)12(18)17-7-14(13(19)20)5-2-6-14/h3-4H,2,5-7H2,1H3,(H,17,18)(H,19,20). The Balaban J connectivity index is 2.14. The van der Waals surface area contributed by atoms with Crippen LogP contribution in [0.2, 0.25) is 0 Å². The highest BCUT2D eigenvalue weighted by atomic mass is 19.1. The number of amides is 1. The summed E-state index contributed by atoms with van der Waals surface area (Å²) < 4.78 is 27.3. The van der Waals surface area contributed by atoms with E-state index in [1.54, 1.807) is 0 Å². The van der Waals surface area contributed by atoms with Crippen LogP contribution in [0.25, 0.3) is 0 Å². The first kappa shape index (κ1) is 14.4. The van der Waals surface area contributed by atoms with Crippen LogP contribution in [0, 0.1) is 24.0 Å². The Hall–Kier alpha value is -1.98. The first-order valence-electron chi connectivity index (χ1n) is 6.33. The quantitative estimate of drug-likeness (QED) is 0.890. The average Bonchev–Trinajstić information content (AvgIpc) is 2.32. The number of nitrogens with one attached hydrogen (secondary N) is 1. The van der Waals surface area contributed by atoms with E-state index in [1.807, 2.05) is 0 Å². The SMILES string of the molecule is Cc1ccc(F)c(C(=O)NCC2(C(=O)O)CCC2)c1F. The summed E-state index contributed by atoms with van der Waals surface area (Å²) in [6.45, 7) is 1.31. The predicted molar refractivity (Wildman–Crippen MR) is 67.3 cm³/mol. The van der Waals surface area contributed by atoms with Gasteiger partial charge in [-0.3, -0.25) is 9.59 Å². The molecule has 1 aromatic carbocycles. The summed E-state index contributed by atoms with van der Waals surface area (Å²) in [5.74, 6) is -3.78. The Morgan fingerprint density at radius 1 is 1.35 bits per heavy atom. The molecule has 0 bridgehead atoms. The molecule has 0 atom stereocenters. The van der Waals surface area contributed by atoms with E-state index in [0.717, 1.165) is 12.5 Å². The lowest BCUT2D eigenvalue weighted by atomic mass is 9.69. The van der Waals surface area contributed by atoms with E-state index in [-0.39, 0.29) is 12.1 Å². The summed E-state index contributed by atoms with van der Waals surface area (Å²) in [6.07, 6.45) is 1.69. The van der Waals surface area contributed by atoms with Crippen LogP contribution in [0.4, 0.5) is 8.78 Å². The number of carboxylic acid groups (broad SMARTS) is 1. The van der Waals surface area contributed by atoms with Crippen molar-refractivity contribution < 1.29 is 23.5 Å². The molecule has 1 saturated carbocycles. The second-order valence-corrected chi connectivity index (χ2v) is 5.17. The molecule has 0 aromatic heterocycles. The molecule has 0 aliphatic heterocycles. The number of carbonyl (C=O) groups excluding carboxylic acids is 1. The Morgan fingerprint density at radius 3 is 2.50 bits per heavy atom. The van der Waals surface area contributed by atoms with E-state index < -0.39 is 34.5 Å². The summed E-state index contributed by atoms with van der Waals surface area (Å²) in [5, 5.41) is 11.5. The fourth-order valence-electron chi connectivity index (χ4n) is 2.27. The van der Waals surface area contributed by atoms with Gasteiger partial charge in [-0.25, -0.2) is 8.78 Å². The van der Waals surface area contributed by atoms with E-state index in [9.17, 15) is 18.4 Å². The van der Waals surface area contributed by atoms with Crippen molar-refractivity contribution in [3.8, 4) is 0 Å². The van der Waals surface area contributed by atoms with Crippen LogP contribution >= 0.6 is 0 Å². The van der Waals surface area contributed by atoms with Crippen LogP contribution in [0.5, 0.6) is 0 Å². The minimum absolute atomic E-state index is 0.117. The number of carbonyl (C=O) groups is 2. The molecule has 20 heavy (non-hydrogen) atoms. The van der Waals surface area contributed by atoms with E-state index in [4.69, 9.17) is 5.11 Å². The lowest BCUT2D eigenvalue weighted by Gasteiger charge is -2.37. The highest BCUT2D eigenvalue weighted by molar-refractivity contribution is 5.95. The van der Waals surface area contributed by atoms with Gasteiger partial charge in [-0.2, -0.15) is 0 Å². The molecule has 0 radical (unpaired) electrons. The van der Waals surface area contributed by atoms with Crippen molar-refractivity contribution in [2.45, 2.75) is 26.2 Å². The van der Waals surface area contributed by atoms with Gasteiger partial charge in [0.15, 0.2) is 0 Å². The lowest BCUT2D eigenvalue weighted by Crippen LogP contribution is -2.47. The minimum atomic E-state index is -0.994.